The van der Waals surface area contributed by atoms with Gasteiger partial charge in [0.1, 0.15) is 23.4 Å². The van der Waals surface area contributed by atoms with Gasteiger partial charge in [-0.15, -0.1) is 0 Å². The smallest absolute Gasteiger partial charge is 0.416 e. The number of nitrogens with zero attached hydrogens (tertiary/aromatic N) is 2. The van der Waals surface area contributed by atoms with E-state index < -0.39 is 11.7 Å². The van der Waals surface area contributed by atoms with Gasteiger partial charge in [-0.25, -0.2) is 0 Å². The van der Waals surface area contributed by atoms with Gasteiger partial charge in [-0.1, -0.05) is 0 Å². The standard InChI is InChI=1S/C20H20F3NO2.C7H13NO/c21-20(22,23)15-1-3-16(4-2-15)25-17-5-7-18(8-6-17)26-19-13-24-11-9-14(19)10-12-24;9-7-5-8-3-1-6(7)2-4-8/h1-8,14,19H,9-13H2;6-7,9H,1-5H2. The van der Waals surface area contributed by atoms with E-state index in [0.717, 1.165) is 31.0 Å². The van der Waals surface area contributed by atoms with E-state index >= 15 is 0 Å². The molecule has 0 aromatic heterocycles. The Morgan fingerprint density at radius 3 is 1.57 bits per heavy atom. The number of ether oxygens (including phenoxy) is 2. The molecule has 35 heavy (non-hydrogen) atoms. The highest BCUT2D eigenvalue weighted by atomic mass is 19.4. The van der Waals surface area contributed by atoms with Gasteiger partial charge in [0.2, 0.25) is 0 Å². The maximum Gasteiger partial charge on any atom is 0.416 e. The highest BCUT2D eigenvalue weighted by molar-refractivity contribution is 5.37. The molecule has 8 heteroatoms. The fourth-order valence-electron chi connectivity index (χ4n) is 5.59. The first kappa shape index (κ1) is 24.4. The lowest BCUT2D eigenvalue weighted by molar-refractivity contribution is -0.137. The van der Waals surface area contributed by atoms with Crippen molar-refractivity contribution in [2.45, 2.75) is 44.1 Å². The van der Waals surface area contributed by atoms with Crippen molar-refractivity contribution < 1.29 is 27.8 Å². The number of hydrogen-bond acceptors (Lipinski definition) is 5. The second-order valence-corrected chi connectivity index (χ2v) is 10.1. The van der Waals surface area contributed by atoms with Crippen LogP contribution in [0.1, 0.15) is 31.2 Å². The first-order chi connectivity index (χ1) is 16.8. The lowest BCUT2D eigenvalue weighted by atomic mass is 9.86. The van der Waals surface area contributed by atoms with E-state index in [1.807, 2.05) is 12.1 Å². The fourth-order valence-corrected chi connectivity index (χ4v) is 5.59. The number of halogens is 3. The van der Waals surface area contributed by atoms with Crippen LogP contribution < -0.4 is 9.47 Å². The molecule has 6 saturated heterocycles. The van der Waals surface area contributed by atoms with Gasteiger partial charge in [-0.3, -0.25) is 4.90 Å². The molecule has 8 rings (SSSR count). The fraction of sp³-hybridized carbons (Fsp3) is 0.556. The zero-order chi connectivity index (χ0) is 24.4. The number of rotatable bonds is 4. The van der Waals surface area contributed by atoms with Crippen LogP contribution in [0.5, 0.6) is 17.2 Å². The van der Waals surface area contributed by atoms with Crippen molar-refractivity contribution in [1.82, 2.24) is 9.80 Å². The summed E-state index contributed by atoms with van der Waals surface area (Å²) in [5.41, 5.74) is -0.689. The van der Waals surface area contributed by atoms with E-state index in [9.17, 15) is 18.3 Å². The third kappa shape index (κ3) is 6.11. The largest absolute Gasteiger partial charge is 0.489 e. The Hall–Kier alpha value is -2.29. The molecule has 2 aromatic carbocycles. The monoisotopic (exact) mass is 490 g/mol. The summed E-state index contributed by atoms with van der Waals surface area (Å²) in [7, 11) is 0. The maximum absolute atomic E-state index is 12.6. The Morgan fingerprint density at radius 1 is 0.686 bits per heavy atom. The molecule has 1 N–H and O–H groups in total. The molecule has 190 valence electrons. The summed E-state index contributed by atoms with van der Waals surface area (Å²) in [4.78, 5) is 4.79. The Kier molecular flexibility index (Phi) is 7.23. The first-order valence-corrected chi connectivity index (χ1v) is 12.6. The van der Waals surface area contributed by atoms with Crippen LogP contribution >= 0.6 is 0 Å². The van der Waals surface area contributed by atoms with Gasteiger partial charge in [-0.05, 0) is 112 Å². The number of fused-ring (bicyclic) bond motifs is 6. The van der Waals surface area contributed by atoms with Gasteiger partial charge in [0.15, 0.2) is 0 Å². The Morgan fingerprint density at radius 2 is 1.17 bits per heavy atom. The molecule has 6 fully saturated rings. The average molecular weight is 491 g/mol. The molecule has 5 nitrogen and oxygen atoms in total. The van der Waals surface area contributed by atoms with Crippen LogP contribution in [0, 0.1) is 11.8 Å². The summed E-state index contributed by atoms with van der Waals surface area (Å²) in [6.07, 6.45) is 0.723. The second-order valence-electron chi connectivity index (χ2n) is 10.1. The van der Waals surface area contributed by atoms with Gasteiger partial charge in [-0.2, -0.15) is 13.2 Å². The highest BCUT2D eigenvalue weighted by Gasteiger charge is 2.35. The molecule has 4 bridgehead atoms. The zero-order valence-corrected chi connectivity index (χ0v) is 19.8. The minimum absolute atomic E-state index is 0.00694. The van der Waals surface area contributed by atoms with Crippen molar-refractivity contribution in [3.8, 4) is 17.2 Å². The first-order valence-electron chi connectivity index (χ1n) is 12.6. The van der Waals surface area contributed by atoms with E-state index in [0.29, 0.717) is 23.3 Å². The summed E-state index contributed by atoms with van der Waals surface area (Å²) in [6.45, 7) is 6.71. The third-order valence-electron chi connectivity index (χ3n) is 7.75. The predicted octanol–water partition coefficient (Wildman–Crippen LogP) is 5.04. The second kappa shape index (κ2) is 10.4. The Balaban J connectivity index is 0.000000234. The van der Waals surface area contributed by atoms with Gasteiger partial charge in [0.05, 0.1) is 11.7 Å². The molecule has 2 aromatic rings. The van der Waals surface area contributed by atoms with Crippen LogP contribution in [-0.2, 0) is 6.18 Å². The molecule has 2 atom stereocenters. The number of benzene rings is 2. The topological polar surface area (TPSA) is 45.2 Å². The third-order valence-corrected chi connectivity index (χ3v) is 7.75. The SMILES string of the molecule is FC(F)(F)c1ccc(Oc2ccc(OC3CN4CCC3CC4)cc2)cc1.OC1CN2CCC1CC2. The van der Waals surface area contributed by atoms with Crippen LogP contribution in [0.2, 0.25) is 0 Å². The quantitative estimate of drug-likeness (QED) is 0.651. The summed E-state index contributed by atoms with van der Waals surface area (Å²) in [5.74, 6) is 2.98. The molecule has 0 saturated carbocycles. The number of alkyl halides is 3. The molecule has 0 amide bonds. The van der Waals surface area contributed by atoms with E-state index in [1.165, 1.54) is 64.0 Å². The molecule has 2 unspecified atom stereocenters. The van der Waals surface area contributed by atoms with E-state index in [-0.39, 0.29) is 12.2 Å². The normalized spacial score (nSPS) is 31.4. The van der Waals surface area contributed by atoms with Crippen LogP contribution in [0.4, 0.5) is 13.2 Å². The lowest BCUT2D eigenvalue weighted by Crippen LogP contribution is -2.52. The van der Waals surface area contributed by atoms with E-state index in [1.54, 1.807) is 12.1 Å². The van der Waals surface area contributed by atoms with Crippen molar-refractivity contribution in [3.05, 3.63) is 54.1 Å². The van der Waals surface area contributed by atoms with Crippen molar-refractivity contribution in [2.75, 3.05) is 39.3 Å². The Labute approximate surface area is 204 Å². The van der Waals surface area contributed by atoms with Gasteiger partial charge in [0, 0.05) is 13.1 Å². The molecule has 0 radical (unpaired) electrons. The summed E-state index contributed by atoms with van der Waals surface area (Å²) in [6, 6.07) is 11.9. The van der Waals surface area contributed by atoms with E-state index in [2.05, 4.69) is 9.80 Å². The zero-order valence-electron chi connectivity index (χ0n) is 19.8. The minimum Gasteiger partial charge on any atom is -0.489 e. The number of piperidine rings is 6. The summed E-state index contributed by atoms with van der Waals surface area (Å²) < 4.78 is 49.5. The average Bonchev–Trinajstić information content (AvgIpc) is 2.87. The van der Waals surface area contributed by atoms with Crippen LogP contribution in [0.25, 0.3) is 0 Å². The van der Waals surface area contributed by atoms with E-state index in [4.69, 9.17) is 9.47 Å². The molecular formula is C27H33F3N2O3. The predicted molar refractivity (Wildman–Crippen MR) is 127 cm³/mol. The minimum atomic E-state index is -4.34. The van der Waals surface area contributed by atoms with Gasteiger partial charge in [0.25, 0.3) is 0 Å². The highest BCUT2D eigenvalue weighted by Crippen LogP contribution is 2.33. The molecule has 0 aliphatic carbocycles. The number of aliphatic hydroxyl groups is 1. The summed E-state index contributed by atoms with van der Waals surface area (Å²) >= 11 is 0. The number of aliphatic hydroxyl groups excluding tert-OH is 1. The van der Waals surface area contributed by atoms with Crippen molar-refractivity contribution in [1.29, 1.82) is 0 Å². The van der Waals surface area contributed by atoms with Gasteiger partial charge < -0.3 is 19.5 Å². The summed E-state index contributed by atoms with van der Waals surface area (Å²) in [5, 5.41) is 9.36. The molecule has 6 aliphatic rings. The number of hydrogen-bond donors (Lipinski definition) is 1. The molecular weight excluding hydrogens is 457 g/mol. The van der Waals surface area contributed by atoms with Crippen molar-refractivity contribution in [3.63, 3.8) is 0 Å². The van der Waals surface area contributed by atoms with Crippen molar-refractivity contribution >= 4 is 0 Å². The maximum atomic E-state index is 12.6. The molecule has 6 heterocycles. The molecule has 0 spiro atoms. The van der Waals surface area contributed by atoms with Gasteiger partial charge >= 0.3 is 6.18 Å². The Bertz CT molecular complexity index is 951. The van der Waals surface area contributed by atoms with Crippen molar-refractivity contribution in [2.24, 2.45) is 11.8 Å². The van der Waals surface area contributed by atoms with Crippen LogP contribution in [-0.4, -0.2) is 66.4 Å². The van der Waals surface area contributed by atoms with Crippen LogP contribution in [0.15, 0.2) is 48.5 Å². The van der Waals surface area contributed by atoms with Crippen LogP contribution in [0.3, 0.4) is 0 Å². The lowest BCUT2D eigenvalue weighted by Gasteiger charge is -2.44. The molecule has 6 aliphatic heterocycles.